The van der Waals surface area contributed by atoms with E-state index in [-0.39, 0.29) is 31.1 Å². The summed E-state index contributed by atoms with van der Waals surface area (Å²) < 4.78 is 59.1. The molecule has 0 aliphatic carbocycles. The van der Waals surface area contributed by atoms with E-state index in [1.54, 1.807) is 24.3 Å². The molecule has 1 fully saturated rings. The van der Waals surface area contributed by atoms with Crippen molar-refractivity contribution in [3.8, 4) is 16.9 Å². The van der Waals surface area contributed by atoms with Gasteiger partial charge in [0.25, 0.3) is 0 Å². The fourth-order valence-electron chi connectivity index (χ4n) is 3.16. The maximum atomic E-state index is 14.4. The lowest BCUT2D eigenvalue weighted by atomic mass is 10.0. The van der Waals surface area contributed by atoms with Gasteiger partial charge in [-0.3, -0.25) is 0 Å². The third-order valence-corrected chi connectivity index (χ3v) is 4.58. The minimum absolute atomic E-state index is 0.0285. The van der Waals surface area contributed by atoms with Gasteiger partial charge in [-0.25, -0.2) is 8.78 Å². The lowest BCUT2D eigenvalue weighted by Gasteiger charge is -2.34. The molecule has 1 heterocycles. The van der Waals surface area contributed by atoms with Crippen molar-refractivity contribution < 1.29 is 27.4 Å². The third kappa shape index (κ3) is 4.39. The molecule has 0 aromatic heterocycles. The van der Waals surface area contributed by atoms with Crippen LogP contribution < -0.4 is 4.74 Å². The van der Waals surface area contributed by atoms with Crippen molar-refractivity contribution in [1.29, 1.82) is 0 Å². The standard InChI is InChI=1S/C22H23F3O3/c1-3-11-22(25)13-27-21(28-14-22)16-7-5-15(6-8-16)17-9-10-18(26-12-4-2)20(24)19(17)23/h4-10,21H,2-3,11-14H2,1H3. The summed E-state index contributed by atoms with van der Waals surface area (Å²) in [6.45, 7) is 5.41. The molecule has 2 aromatic rings. The van der Waals surface area contributed by atoms with Crippen LogP contribution in [0.15, 0.2) is 49.1 Å². The van der Waals surface area contributed by atoms with Gasteiger partial charge in [-0.1, -0.05) is 50.3 Å². The van der Waals surface area contributed by atoms with E-state index >= 15 is 0 Å². The summed E-state index contributed by atoms with van der Waals surface area (Å²) in [5.74, 6) is -2.19. The summed E-state index contributed by atoms with van der Waals surface area (Å²) in [4.78, 5) is 0. The molecule has 1 aliphatic rings. The van der Waals surface area contributed by atoms with E-state index in [9.17, 15) is 13.2 Å². The molecule has 2 aromatic carbocycles. The van der Waals surface area contributed by atoms with Gasteiger partial charge in [0.15, 0.2) is 23.5 Å². The maximum absolute atomic E-state index is 14.4. The van der Waals surface area contributed by atoms with Crippen LogP contribution in [0.3, 0.4) is 0 Å². The summed E-state index contributed by atoms with van der Waals surface area (Å²) in [6.07, 6.45) is 1.87. The molecule has 1 saturated heterocycles. The van der Waals surface area contributed by atoms with E-state index < -0.39 is 23.6 Å². The Morgan fingerprint density at radius 2 is 1.79 bits per heavy atom. The minimum atomic E-state index is -1.46. The van der Waals surface area contributed by atoms with Crippen LogP contribution in [0.1, 0.15) is 31.6 Å². The lowest BCUT2D eigenvalue weighted by Crippen LogP contribution is -2.41. The van der Waals surface area contributed by atoms with E-state index in [0.717, 1.165) is 0 Å². The van der Waals surface area contributed by atoms with Gasteiger partial charge in [0.05, 0.1) is 13.2 Å². The number of halogens is 3. The minimum Gasteiger partial charge on any atom is -0.486 e. The van der Waals surface area contributed by atoms with Crippen LogP contribution in [0.4, 0.5) is 13.2 Å². The Bertz CT molecular complexity index is 813. The fraction of sp³-hybridized carbons (Fsp3) is 0.364. The highest BCUT2D eigenvalue weighted by molar-refractivity contribution is 5.65. The Hall–Kier alpha value is -2.31. The van der Waals surface area contributed by atoms with Gasteiger partial charge >= 0.3 is 0 Å². The molecule has 0 spiro atoms. The quantitative estimate of drug-likeness (QED) is 0.562. The van der Waals surface area contributed by atoms with Crippen LogP contribution in [0.2, 0.25) is 0 Å². The first-order valence-electron chi connectivity index (χ1n) is 9.21. The monoisotopic (exact) mass is 392 g/mol. The van der Waals surface area contributed by atoms with Crippen LogP contribution in [0.25, 0.3) is 11.1 Å². The molecule has 3 nitrogen and oxygen atoms in total. The Labute approximate surface area is 162 Å². The Kier molecular flexibility index (Phi) is 6.42. The van der Waals surface area contributed by atoms with E-state index in [2.05, 4.69) is 6.58 Å². The van der Waals surface area contributed by atoms with Gasteiger partial charge in [0.2, 0.25) is 5.82 Å². The van der Waals surface area contributed by atoms with Crippen LogP contribution >= 0.6 is 0 Å². The molecule has 0 unspecified atom stereocenters. The zero-order valence-electron chi connectivity index (χ0n) is 15.7. The van der Waals surface area contributed by atoms with E-state index in [4.69, 9.17) is 14.2 Å². The molecule has 1 aliphatic heterocycles. The molecule has 6 heteroatoms. The summed E-state index contributed by atoms with van der Waals surface area (Å²) in [7, 11) is 0. The van der Waals surface area contributed by atoms with Gasteiger partial charge in [-0.05, 0) is 24.1 Å². The number of benzene rings is 2. The summed E-state index contributed by atoms with van der Waals surface area (Å²) in [5, 5.41) is 0. The summed E-state index contributed by atoms with van der Waals surface area (Å²) in [5.41, 5.74) is -0.154. The van der Waals surface area contributed by atoms with Gasteiger partial charge in [0.1, 0.15) is 6.61 Å². The normalized spacial score (nSPS) is 22.1. The van der Waals surface area contributed by atoms with Gasteiger partial charge in [0, 0.05) is 11.1 Å². The predicted molar refractivity (Wildman–Crippen MR) is 101 cm³/mol. The molecule has 0 saturated carbocycles. The molecule has 0 amide bonds. The van der Waals surface area contributed by atoms with Crippen molar-refractivity contribution in [1.82, 2.24) is 0 Å². The Morgan fingerprint density at radius 3 is 2.39 bits per heavy atom. The SMILES string of the molecule is C=CCOc1ccc(-c2ccc(C3OCC(F)(CCC)CO3)cc2)c(F)c1F. The molecular formula is C22H23F3O3. The van der Waals surface area contributed by atoms with Crippen molar-refractivity contribution >= 4 is 0 Å². The molecule has 28 heavy (non-hydrogen) atoms. The number of rotatable bonds is 7. The highest BCUT2D eigenvalue weighted by Crippen LogP contribution is 2.34. The average Bonchev–Trinajstić information content (AvgIpc) is 2.70. The summed E-state index contributed by atoms with van der Waals surface area (Å²) in [6, 6.07) is 9.53. The second-order valence-electron chi connectivity index (χ2n) is 6.82. The Morgan fingerprint density at radius 1 is 1.11 bits per heavy atom. The fourth-order valence-corrected chi connectivity index (χ4v) is 3.16. The van der Waals surface area contributed by atoms with Crippen LogP contribution in [-0.4, -0.2) is 25.5 Å². The first-order valence-corrected chi connectivity index (χ1v) is 9.21. The van der Waals surface area contributed by atoms with Crippen molar-refractivity contribution in [3.63, 3.8) is 0 Å². The molecule has 0 radical (unpaired) electrons. The second-order valence-corrected chi connectivity index (χ2v) is 6.82. The van der Waals surface area contributed by atoms with E-state index in [1.165, 1.54) is 18.2 Å². The highest BCUT2D eigenvalue weighted by atomic mass is 19.2. The van der Waals surface area contributed by atoms with Crippen molar-refractivity contribution in [2.75, 3.05) is 19.8 Å². The van der Waals surface area contributed by atoms with Gasteiger partial charge in [-0.15, -0.1) is 0 Å². The van der Waals surface area contributed by atoms with Crippen molar-refractivity contribution in [2.45, 2.75) is 31.7 Å². The zero-order valence-corrected chi connectivity index (χ0v) is 15.7. The van der Waals surface area contributed by atoms with E-state index in [0.29, 0.717) is 24.0 Å². The van der Waals surface area contributed by atoms with E-state index in [1.807, 2.05) is 6.92 Å². The van der Waals surface area contributed by atoms with Crippen molar-refractivity contribution in [3.05, 3.63) is 66.3 Å². The number of ether oxygens (including phenoxy) is 3. The first-order chi connectivity index (χ1) is 13.5. The maximum Gasteiger partial charge on any atom is 0.201 e. The zero-order chi connectivity index (χ0) is 20.1. The topological polar surface area (TPSA) is 27.7 Å². The lowest BCUT2D eigenvalue weighted by molar-refractivity contribution is -0.238. The van der Waals surface area contributed by atoms with Crippen LogP contribution in [-0.2, 0) is 9.47 Å². The highest BCUT2D eigenvalue weighted by Gasteiger charge is 2.36. The van der Waals surface area contributed by atoms with Crippen LogP contribution in [0, 0.1) is 11.6 Å². The Balaban J connectivity index is 1.73. The molecule has 0 atom stereocenters. The largest absolute Gasteiger partial charge is 0.486 e. The number of hydrogen-bond acceptors (Lipinski definition) is 3. The average molecular weight is 392 g/mol. The predicted octanol–water partition coefficient (Wildman–Crippen LogP) is 5.75. The first kappa shape index (κ1) is 20.4. The third-order valence-electron chi connectivity index (χ3n) is 4.58. The summed E-state index contributed by atoms with van der Waals surface area (Å²) >= 11 is 0. The molecular weight excluding hydrogens is 369 g/mol. The van der Waals surface area contributed by atoms with Gasteiger partial charge in [-0.2, -0.15) is 4.39 Å². The van der Waals surface area contributed by atoms with Crippen LogP contribution in [0.5, 0.6) is 5.75 Å². The van der Waals surface area contributed by atoms with Crippen molar-refractivity contribution in [2.24, 2.45) is 0 Å². The second kappa shape index (κ2) is 8.80. The number of hydrogen-bond donors (Lipinski definition) is 0. The molecule has 150 valence electrons. The molecule has 0 N–H and O–H groups in total. The number of alkyl halides is 1. The smallest absolute Gasteiger partial charge is 0.201 e. The van der Waals surface area contributed by atoms with Gasteiger partial charge < -0.3 is 14.2 Å². The molecule has 3 rings (SSSR count). The molecule has 0 bridgehead atoms.